The molecule has 444 valence electrons. The second-order valence-corrected chi connectivity index (χ2v) is 35.2. The van der Waals surface area contributed by atoms with Crippen molar-refractivity contribution in [1.82, 2.24) is 0 Å². The van der Waals surface area contributed by atoms with Gasteiger partial charge in [-0.15, -0.1) is 0 Å². The van der Waals surface area contributed by atoms with Crippen molar-refractivity contribution in [3.8, 4) is 69.0 Å². The molecule has 0 aromatic heterocycles. The van der Waals surface area contributed by atoms with Gasteiger partial charge in [0.15, 0.2) is 0 Å². The van der Waals surface area contributed by atoms with Crippen LogP contribution in [0, 0.1) is 0 Å². The van der Waals surface area contributed by atoms with Gasteiger partial charge in [0.25, 0.3) is 0 Å². The van der Waals surface area contributed by atoms with Crippen LogP contribution in [0.1, 0.15) is 41.5 Å². The first kappa shape index (κ1) is 65.8. The second kappa shape index (κ2) is 31.1. The molecule has 18 nitrogen and oxygen atoms in total. The molecule has 0 aliphatic rings. The third kappa shape index (κ3) is 20.2. The van der Waals surface area contributed by atoms with E-state index in [1.807, 2.05) is 18.2 Å². The summed E-state index contributed by atoms with van der Waals surface area (Å²) in [5.41, 5.74) is 1.21. The average Bonchev–Trinajstić information content (AvgIpc) is 2.34. The van der Waals surface area contributed by atoms with Gasteiger partial charge in [-0.1, -0.05) is 0 Å². The van der Waals surface area contributed by atoms with E-state index in [0.29, 0.717) is 44.3 Å². The molecule has 0 bridgehead atoms. The molecule has 0 saturated heterocycles. The fraction of sp³-hybridized carbons (Fsp3) is 0.0909. The van der Waals surface area contributed by atoms with Crippen LogP contribution in [-0.2, 0) is 28.8 Å². The van der Waals surface area contributed by atoms with Crippen molar-refractivity contribution in [2.45, 2.75) is 41.5 Å². The molecule has 7 aromatic carbocycles. The molecule has 7 rings (SSSR count). The van der Waals surface area contributed by atoms with Crippen molar-refractivity contribution in [3.05, 3.63) is 237 Å². The standard InChI is InChI=1S/6C10H10O3.C6H3.3Bi/c6*1-7(2)10(12)13-9-5-3-8(11)4-6-9;1-2-4-6-5-3-1;;;/h6*3-6,11H,1H2,2H3;1,4-5H;;;/q;;;;;;;3*+2/p-6. The van der Waals surface area contributed by atoms with E-state index in [4.69, 9.17) is 45.3 Å². The molecule has 0 aliphatic carbocycles. The van der Waals surface area contributed by atoms with Gasteiger partial charge in [-0.3, -0.25) is 0 Å². The van der Waals surface area contributed by atoms with Crippen molar-refractivity contribution >= 4 is 114 Å². The Morgan fingerprint density at radius 3 is 0.460 bits per heavy atom. The monoisotopic (exact) mass is 1760 g/mol. The molecule has 0 fully saturated rings. The van der Waals surface area contributed by atoms with Gasteiger partial charge in [0, 0.05) is 0 Å². The second-order valence-electron chi connectivity index (χ2n) is 18.9. The van der Waals surface area contributed by atoms with Gasteiger partial charge in [0.05, 0.1) is 0 Å². The van der Waals surface area contributed by atoms with Crippen molar-refractivity contribution in [2.75, 3.05) is 0 Å². The van der Waals surface area contributed by atoms with E-state index in [0.717, 1.165) is 0 Å². The van der Waals surface area contributed by atoms with Crippen LogP contribution in [0.4, 0.5) is 0 Å². The summed E-state index contributed by atoms with van der Waals surface area (Å²) < 4.78 is 76.3. The molecular weight excluding hydrogens is 1710 g/mol. The summed E-state index contributed by atoms with van der Waals surface area (Å²) in [5, 5.41) is 0. The number of ether oxygens (including phenoxy) is 6. The maximum atomic E-state index is 12.5. The van der Waals surface area contributed by atoms with Crippen molar-refractivity contribution < 1.29 is 74.1 Å². The molecule has 0 heterocycles. The number of carbonyl (C=O) groups excluding carboxylic acids is 6. The van der Waals surface area contributed by atoms with E-state index in [1.165, 1.54) is 41.5 Å². The summed E-state index contributed by atoms with van der Waals surface area (Å²) in [7, 11) is 0. The quantitative estimate of drug-likeness (QED) is 0.0203. The first-order valence-corrected chi connectivity index (χ1v) is 39.7. The summed E-state index contributed by atoms with van der Waals surface area (Å²) >= 11 is -13.0. The minimum absolute atomic E-state index is 0.202. The van der Waals surface area contributed by atoms with Crippen LogP contribution in [0.2, 0.25) is 0 Å². The Labute approximate surface area is 530 Å². The molecule has 0 unspecified atom stereocenters. The van der Waals surface area contributed by atoms with Crippen molar-refractivity contribution in [1.29, 1.82) is 0 Å². The first-order chi connectivity index (χ1) is 41.4. The van der Waals surface area contributed by atoms with Crippen LogP contribution >= 0.6 is 0 Å². The topological polar surface area (TPSA) is 213 Å². The van der Waals surface area contributed by atoms with Gasteiger partial charge in [0.1, 0.15) is 0 Å². The fourth-order valence-electron chi connectivity index (χ4n) is 6.42. The summed E-state index contributed by atoms with van der Waals surface area (Å²) in [6.07, 6.45) is 0. The molecule has 21 heteroatoms. The SMILES string of the molecule is C=C(C)C(=O)Oc1ccc([O][Bi]([O]c2ccc(OC(=O)C(=C)C)cc2)[c]2c[c]([Bi]([O]c3ccc(OC(=O)C(=C)C)cc3)[O]c3ccc(OC(=O)C(=C)C)cc3)c[c]([Bi]([O]c3ccc(OC(=O)C(=C)C)cc3)[O]c3ccc(OC(=O)C(=C)C)cc3)c2)cc1. The number of esters is 6. The Morgan fingerprint density at radius 2 is 0.345 bits per heavy atom. The molecule has 0 amide bonds. The Balaban J connectivity index is 1.43. The van der Waals surface area contributed by atoms with E-state index in [-0.39, 0.29) is 67.9 Å². The Kier molecular flexibility index (Phi) is 23.5. The zero-order valence-electron chi connectivity index (χ0n) is 48.0. The number of benzene rings is 7. The number of hydrogen-bond acceptors (Lipinski definition) is 18. The Morgan fingerprint density at radius 1 is 0.230 bits per heavy atom. The van der Waals surface area contributed by atoms with E-state index < -0.39 is 104 Å². The van der Waals surface area contributed by atoms with Crippen LogP contribution in [0.3, 0.4) is 0 Å². The zero-order chi connectivity index (χ0) is 62.9. The van der Waals surface area contributed by atoms with Gasteiger partial charge in [-0.05, 0) is 0 Å². The number of rotatable bonds is 27. The van der Waals surface area contributed by atoms with Gasteiger partial charge in [0.2, 0.25) is 0 Å². The summed E-state index contributed by atoms with van der Waals surface area (Å²) in [4.78, 5) is 75.0. The third-order valence-corrected chi connectivity index (χ3v) is 27.7. The van der Waals surface area contributed by atoms with Crippen LogP contribution in [0.15, 0.2) is 237 Å². The molecule has 0 aliphatic heterocycles. The number of carbonyl (C=O) groups is 6. The predicted octanol–water partition coefficient (Wildman–Crippen LogP) is 10.1. The van der Waals surface area contributed by atoms with Crippen LogP contribution in [0.25, 0.3) is 0 Å². The predicted molar refractivity (Wildman–Crippen MR) is 328 cm³/mol. The van der Waals surface area contributed by atoms with Crippen LogP contribution in [0.5, 0.6) is 69.0 Å². The van der Waals surface area contributed by atoms with Crippen molar-refractivity contribution in [2.24, 2.45) is 0 Å². The van der Waals surface area contributed by atoms with Crippen molar-refractivity contribution in [3.63, 3.8) is 0 Å². The molecule has 87 heavy (non-hydrogen) atoms. The third-order valence-electron chi connectivity index (χ3n) is 10.9. The maximum absolute atomic E-state index is 12.5. The van der Waals surface area contributed by atoms with Gasteiger partial charge >= 0.3 is 535 Å². The Bertz CT molecular complexity index is 3140. The molecule has 0 saturated carbocycles. The molecule has 0 atom stereocenters. The molecule has 0 spiro atoms. The minimum atomic E-state index is -4.34. The Hall–Kier alpha value is -8.75. The van der Waals surface area contributed by atoms with Crippen LogP contribution < -0.4 is 55.1 Å². The van der Waals surface area contributed by atoms with E-state index in [1.54, 1.807) is 146 Å². The van der Waals surface area contributed by atoms with Crippen LogP contribution in [-0.4, -0.2) is 104 Å². The summed E-state index contributed by atoms with van der Waals surface area (Å²) in [5.74, 6) is -0.216. The van der Waals surface area contributed by atoms with Gasteiger partial charge < -0.3 is 0 Å². The van der Waals surface area contributed by atoms with E-state index in [9.17, 15) is 28.8 Å². The number of hydrogen-bond donors (Lipinski definition) is 0. The molecule has 7 aromatic rings. The van der Waals surface area contributed by atoms with E-state index >= 15 is 0 Å². The average molecular weight is 1770 g/mol. The zero-order valence-corrected chi connectivity index (χ0v) is 58.5. The van der Waals surface area contributed by atoms with Gasteiger partial charge in [-0.2, -0.15) is 0 Å². The van der Waals surface area contributed by atoms with E-state index in [2.05, 4.69) is 39.5 Å². The molecule has 0 N–H and O–H groups in total. The fourth-order valence-corrected chi connectivity index (χ4v) is 27.4. The van der Waals surface area contributed by atoms with Gasteiger partial charge in [-0.25, -0.2) is 0 Å². The summed E-state index contributed by atoms with van der Waals surface area (Å²) in [6, 6.07) is 44.0. The molecular formula is C66H57Bi3O18. The first-order valence-electron chi connectivity index (χ1n) is 25.9. The molecule has 0 radical (unpaired) electrons. The normalized spacial score (nSPS) is 10.6. The summed E-state index contributed by atoms with van der Waals surface area (Å²) in [6.45, 7) is 31.2.